The lowest BCUT2D eigenvalue weighted by atomic mass is 9.98. The first-order valence-corrected chi connectivity index (χ1v) is 9.90. The number of carbonyl (C=O) groups excluding carboxylic acids is 1. The van der Waals surface area contributed by atoms with Gasteiger partial charge in [-0.05, 0) is 36.4 Å². The van der Waals surface area contributed by atoms with Crippen LogP contribution in [0.3, 0.4) is 0 Å². The largest absolute Gasteiger partial charge is 0.480 e. The van der Waals surface area contributed by atoms with Gasteiger partial charge in [-0.15, -0.1) is 0 Å². The molecule has 29 heavy (non-hydrogen) atoms. The fourth-order valence-corrected chi connectivity index (χ4v) is 3.73. The van der Waals surface area contributed by atoms with Crippen LogP contribution in [0, 0.1) is 0 Å². The van der Waals surface area contributed by atoms with Crippen molar-refractivity contribution in [2.24, 2.45) is 0 Å². The maximum absolute atomic E-state index is 12.6. The molecule has 0 fully saturated rings. The first-order valence-electron chi connectivity index (χ1n) is 9.14. The molecule has 4 rings (SSSR count). The second-order valence-corrected chi connectivity index (χ2v) is 7.83. The zero-order valence-electron chi connectivity index (χ0n) is 15.4. The Labute approximate surface area is 177 Å². The average molecular weight is 432 g/mol. The molecule has 6 nitrogen and oxygen atoms in total. The SMILES string of the molecule is C=C(CCn1ncc2cc(Cl)ccc21)NC(=O)[C@H]1C[C@@H](O)c2cc(Cl)ccc2O1. The summed E-state index contributed by atoms with van der Waals surface area (Å²) < 4.78 is 7.57. The number of hydrogen-bond acceptors (Lipinski definition) is 4. The monoisotopic (exact) mass is 431 g/mol. The summed E-state index contributed by atoms with van der Waals surface area (Å²) >= 11 is 12.0. The molecule has 3 aromatic rings. The van der Waals surface area contributed by atoms with Crippen LogP contribution in [-0.2, 0) is 11.3 Å². The molecule has 0 bridgehead atoms. The van der Waals surface area contributed by atoms with Crippen LogP contribution in [0.5, 0.6) is 5.75 Å². The van der Waals surface area contributed by atoms with Gasteiger partial charge < -0.3 is 15.2 Å². The highest BCUT2D eigenvalue weighted by atomic mass is 35.5. The van der Waals surface area contributed by atoms with Crippen LogP contribution >= 0.6 is 23.2 Å². The highest BCUT2D eigenvalue weighted by molar-refractivity contribution is 6.31. The number of aryl methyl sites for hydroxylation is 1. The number of rotatable bonds is 5. The van der Waals surface area contributed by atoms with Crippen LogP contribution < -0.4 is 10.1 Å². The van der Waals surface area contributed by atoms with E-state index in [4.69, 9.17) is 27.9 Å². The van der Waals surface area contributed by atoms with E-state index < -0.39 is 12.2 Å². The number of aliphatic hydroxyl groups is 1. The Kier molecular flexibility index (Phi) is 5.50. The highest BCUT2D eigenvalue weighted by Gasteiger charge is 2.32. The normalized spacial score (nSPS) is 18.2. The fraction of sp³-hybridized carbons (Fsp3) is 0.238. The Bertz CT molecular complexity index is 1100. The summed E-state index contributed by atoms with van der Waals surface area (Å²) in [5.74, 6) is 0.118. The topological polar surface area (TPSA) is 76.4 Å². The van der Waals surface area contributed by atoms with Gasteiger partial charge in [-0.1, -0.05) is 29.8 Å². The highest BCUT2D eigenvalue weighted by Crippen LogP contribution is 2.36. The minimum absolute atomic E-state index is 0.150. The van der Waals surface area contributed by atoms with Crippen molar-refractivity contribution in [2.45, 2.75) is 31.6 Å². The van der Waals surface area contributed by atoms with E-state index >= 15 is 0 Å². The number of aromatic nitrogens is 2. The van der Waals surface area contributed by atoms with Crippen molar-refractivity contribution in [1.29, 1.82) is 0 Å². The Morgan fingerprint density at radius 2 is 2.03 bits per heavy atom. The minimum atomic E-state index is -0.816. The molecule has 2 atom stereocenters. The Balaban J connectivity index is 1.36. The van der Waals surface area contributed by atoms with Crippen molar-refractivity contribution in [1.82, 2.24) is 15.1 Å². The summed E-state index contributed by atoms with van der Waals surface area (Å²) in [6.07, 6.45) is 0.791. The summed E-state index contributed by atoms with van der Waals surface area (Å²) in [7, 11) is 0. The number of carbonyl (C=O) groups is 1. The summed E-state index contributed by atoms with van der Waals surface area (Å²) in [6.45, 7) is 4.48. The molecule has 0 aliphatic carbocycles. The lowest BCUT2D eigenvalue weighted by Gasteiger charge is -2.29. The van der Waals surface area contributed by atoms with E-state index in [0.717, 1.165) is 10.9 Å². The molecule has 1 aromatic heterocycles. The lowest BCUT2D eigenvalue weighted by Crippen LogP contribution is -2.41. The number of nitrogens with one attached hydrogen (secondary N) is 1. The van der Waals surface area contributed by atoms with E-state index in [1.807, 2.05) is 22.9 Å². The van der Waals surface area contributed by atoms with Crippen LogP contribution in [0.25, 0.3) is 10.9 Å². The number of ether oxygens (including phenoxy) is 1. The summed E-state index contributed by atoms with van der Waals surface area (Å²) in [6, 6.07) is 10.5. The third-order valence-corrected chi connectivity index (χ3v) is 5.33. The number of hydrogen-bond donors (Lipinski definition) is 2. The van der Waals surface area contributed by atoms with Gasteiger partial charge in [-0.3, -0.25) is 9.48 Å². The molecule has 0 saturated heterocycles. The Hall–Kier alpha value is -2.54. The van der Waals surface area contributed by atoms with Crippen molar-refractivity contribution < 1.29 is 14.6 Å². The Morgan fingerprint density at radius 3 is 2.86 bits per heavy atom. The first kappa shape index (κ1) is 19.8. The van der Waals surface area contributed by atoms with Gasteiger partial charge in [0.1, 0.15) is 5.75 Å². The quantitative estimate of drug-likeness (QED) is 0.632. The van der Waals surface area contributed by atoms with Crippen molar-refractivity contribution in [3.8, 4) is 5.75 Å². The number of amides is 1. The maximum atomic E-state index is 12.6. The van der Waals surface area contributed by atoms with Crippen LogP contribution in [0.4, 0.5) is 0 Å². The van der Waals surface area contributed by atoms with Gasteiger partial charge in [0.05, 0.1) is 17.8 Å². The van der Waals surface area contributed by atoms with Gasteiger partial charge in [0, 0.05) is 46.1 Å². The second kappa shape index (κ2) is 8.06. The first-order chi connectivity index (χ1) is 13.9. The molecule has 0 saturated carbocycles. The number of nitrogens with zero attached hydrogens (tertiary/aromatic N) is 2. The number of allylic oxidation sites excluding steroid dienone is 1. The Morgan fingerprint density at radius 1 is 1.28 bits per heavy atom. The molecule has 1 aliphatic rings. The molecule has 8 heteroatoms. The third-order valence-electron chi connectivity index (χ3n) is 4.86. The van der Waals surface area contributed by atoms with Gasteiger partial charge in [-0.25, -0.2) is 0 Å². The zero-order chi connectivity index (χ0) is 20.5. The number of fused-ring (bicyclic) bond motifs is 2. The second-order valence-electron chi connectivity index (χ2n) is 6.95. The molecule has 0 spiro atoms. The molecule has 0 radical (unpaired) electrons. The predicted molar refractivity (Wildman–Crippen MR) is 112 cm³/mol. The van der Waals surface area contributed by atoms with Crippen LogP contribution in [0.15, 0.2) is 54.9 Å². The van der Waals surface area contributed by atoms with Gasteiger partial charge in [0.15, 0.2) is 6.10 Å². The van der Waals surface area contributed by atoms with Crippen LogP contribution in [0.1, 0.15) is 24.5 Å². The number of halogens is 2. The third kappa shape index (κ3) is 4.24. The standard InChI is InChI=1S/C21H19Cl2N3O3/c1-12(6-7-26-17-4-2-14(22)8-13(17)11-24-26)25-21(28)20-10-18(27)16-9-15(23)3-5-19(16)29-20/h2-5,8-9,11,18,20,27H,1,6-7,10H2,(H,25,28)/t18-,20-/m1/s1. The molecule has 2 heterocycles. The fourth-order valence-electron chi connectivity index (χ4n) is 3.37. The van der Waals surface area contributed by atoms with Crippen molar-refractivity contribution in [3.63, 3.8) is 0 Å². The van der Waals surface area contributed by atoms with Gasteiger partial charge in [0.2, 0.25) is 0 Å². The molecule has 1 amide bonds. The smallest absolute Gasteiger partial charge is 0.265 e. The molecule has 2 aromatic carbocycles. The summed E-state index contributed by atoms with van der Waals surface area (Å²) in [5.41, 5.74) is 2.10. The van der Waals surface area contributed by atoms with Crippen LogP contribution in [0.2, 0.25) is 10.0 Å². The van der Waals surface area contributed by atoms with E-state index in [0.29, 0.717) is 40.0 Å². The van der Waals surface area contributed by atoms with Gasteiger partial charge >= 0.3 is 0 Å². The van der Waals surface area contributed by atoms with E-state index in [-0.39, 0.29) is 12.3 Å². The summed E-state index contributed by atoms with van der Waals surface area (Å²) in [4.78, 5) is 12.6. The molecule has 1 aliphatic heterocycles. The lowest BCUT2D eigenvalue weighted by molar-refractivity contribution is -0.129. The molecule has 0 unspecified atom stereocenters. The molecular weight excluding hydrogens is 413 g/mol. The summed E-state index contributed by atoms with van der Waals surface area (Å²) in [5, 5.41) is 19.6. The average Bonchev–Trinajstić information content (AvgIpc) is 3.08. The predicted octanol–water partition coefficient (Wildman–Crippen LogP) is 4.25. The minimum Gasteiger partial charge on any atom is -0.480 e. The van der Waals surface area contributed by atoms with Crippen LogP contribution in [-0.4, -0.2) is 26.9 Å². The van der Waals surface area contributed by atoms with Gasteiger partial charge in [-0.2, -0.15) is 5.10 Å². The van der Waals surface area contributed by atoms with E-state index in [2.05, 4.69) is 17.0 Å². The van der Waals surface area contributed by atoms with Gasteiger partial charge in [0.25, 0.3) is 5.91 Å². The molecule has 150 valence electrons. The maximum Gasteiger partial charge on any atom is 0.265 e. The van der Waals surface area contributed by atoms with Crippen molar-refractivity contribution in [3.05, 3.63) is 70.5 Å². The van der Waals surface area contributed by atoms with Crippen molar-refractivity contribution in [2.75, 3.05) is 0 Å². The van der Waals surface area contributed by atoms with Crippen molar-refractivity contribution >= 4 is 40.0 Å². The van der Waals surface area contributed by atoms with E-state index in [9.17, 15) is 9.90 Å². The molecule has 2 N–H and O–H groups in total. The number of benzene rings is 2. The van der Waals surface area contributed by atoms with E-state index in [1.54, 1.807) is 24.4 Å². The molecular formula is C21H19Cl2N3O3. The van der Waals surface area contributed by atoms with E-state index in [1.165, 1.54) is 0 Å². The zero-order valence-corrected chi connectivity index (χ0v) is 17.0. The number of aliphatic hydroxyl groups excluding tert-OH is 1.